The van der Waals surface area contributed by atoms with E-state index in [0.717, 1.165) is 39.4 Å². The van der Waals surface area contributed by atoms with Crippen LogP contribution in [0.3, 0.4) is 0 Å². The Morgan fingerprint density at radius 1 is 0.816 bits per heavy atom. The lowest BCUT2D eigenvalue weighted by Crippen LogP contribution is -2.31. The summed E-state index contributed by atoms with van der Waals surface area (Å²) in [5.74, 6) is 1.10. The van der Waals surface area contributed by atoms with Gasteiger partial charge in [-0.2, -0.15) is 0 Å². The number of nitrogens with zero attached hydrogens (tertiary/aromatic N) is 3. The van der Waals surface area contributed by atoms with Crippen LogP contribution in [0.15, 0.2) is 85.1 Å². The van der Waals surface area contributed by atoms with Gasteiger partial charge in [-0.3, -0.25) is 4.90 Å². The number of benzene rings is 3. The molecule has 0 spiro atoms. The van der Waals surface area contributed by atoms with Crippen LogP contribution in [0.2, 0.25) is 0 Å². The Morgan fingerprint density at radius 2 is 1.58 bits per heavy atom. The van der Waals surface area contributed by atoms with Crippen molar-refractivity contribution in [3.8, 4) is 17.0 Å². The third-order valence-corrected chi connectivity index (χ3v) is 7.80. The van der Waals surface area contributed by atoms with E-state index >= 15 is 0 Å². The fourth-order valence-electron chi connectivity index (χ4n) is 5.78. The quantitative estimate of drug-likeness (QED) is 0.264. The Morgan fingerprint density at radius 3 is 2.34 bits per heavy atom. The zero-order valence-corrected chi connectivity index (χ0v) is 22.9. The number of phenolic OH excluding ortho intramolecular Hbond substituents is 1. The largest absolute Gasteiger partial charge is 0.506 e. The molecule has 0 aliphatic carbocycles. The van der Waals surface area contributed by atoms with Gasteiger partial charge in [-0.1, -0.05) is 77.1 Å². The van der Waals surface area contributed by atoms with Crippen molar-refractivity contribution >= 4 is 28.1 Å². The van der Waals surface area contributed by atoms with Crippen molar-refractivity contribution in [1.82, 2.24) is 9.97 Å². The third-order valence-electron chi connectivity index (χ3n) is 7.80. The predicted octanol–water partition coefficient (Wildman–Crippen LogP) is 8.72. The normalized spacial score (nSPS) is 14.3. The molecule has 6 rings (SSSR count). The van der Waals surface area contributed by atoms with Gasteiger partial charge in [0.2, 0.25) is 0 Å². The number of phenols is 1. The van der Waals surface area contributed by atoms with E-state index in [-0.39, 0.29) is 16.6 Å². The number of pyridine rings is 2. The molecule has 0 unspecified atom stereocenters. The van der Waals surface area contributed by atoms with Gasteiger partial charge in [0, 0.05) is 22.6 Å². The van der Waals surface area contributed by atoms with Gasteiger partial charge in [-0.15, -0.1) is 0 Å². The summed E-state index contributed by atoms with van der Waals surface area (Å²) in [7, 11) is 0. The molecule has 3 aromatic carbocycles. The van der Waals surface area contributed by atoms with Crippen LogP contribution in [0.25, 0.3) is 22.2 Å². The van der Waals surface area contributed by atoms with Gasteiger partial charge >= 0.3 is 0 Å². The van der Waals surface area contributed by atoms with Crippen LogP contribution in [0.1, 0.15) is 56.9 Å². The maximum Gasteiger partial charge on any atom is 0.141 e. The van der Waals surface area contributed by atoms with E-state index in [1.54, 1.807) is 6.07 Å². The highest BCUT2D eigenvalue weighted by Gasteiger charge is 2.37. The lowest BCUT2D eigenvalue weighted by atomic mass is 9.73. The number of para-hydroxylation sites is 1. The average Bonchev–Trinajstić information content (AvgIpc) is 2.88. The number of fused-ring (bicyclic) bond motifs is 3. The van der Waals surface area contributed by atoms with Gasteiger partial charge in [0.25, 0.3) is 0 Å². The minimum absolute atomic E-state index is 0.0543. The van der Waals surface area contributed by atoms with E-state index in [0.29, 0.717) is 5.52 Å². The van der Waals surface area contributed by atoms with Gasteiger partial charge in [0.1, 0.15) is 17.1 Å². The molecule has 5 aromatic rings. The maximum atomic E-state index is 10.7. The van der Waals surface area contributed by atoms with Crippen molar-refractivity contribution in [1.29, 1.82) is 0 Å². The summed E-state index contributed by atoms with van der Waals surface area (Å²) in [6.07, 6.45) is 1.87. The van der Waals surface area contributed by atoms with Crippen LogP contribution in [-0.4, -0.2) is 15.1 Å². The molecule has 1 aliphatic rings. The van der Waals surface area contributed by atoms with Crippen molar-refractivity contribution in [2.75, 3.05) is 4.90 Å². The summed E-state index contributed by atoms with van der Waals surface area (Å²) < 4.78 is 0. The molecule has 0 amide bonds. The third kappa shape index (κ3) is 3.75. The monoisotopic (exact) mass is 499 g/mol. The highest BCUT2D eigenvalue weighted by molar-refractivity contribution is 5.91. The molecule has 38 heavy (non-hydrogen) atoms. The predicted molar refractivity (Wildman–Crippen MR) is 157 cm³/mol. The summed E-state index contributed by atoms with van der Waals surface area (Å²) in [6.45, 7) is 13.2. The average molecular weight is 500 g/mol. The number of anilines is 3. The minimum Gasteiger partial charge on any atom is -0.506 e. The Hall–Kier alpha value is -4.18. The molecule has 0 atom stereocenters. The van der Waals surface area contributed by atoms with Gasteiger partial charge in [0.05, 0.1) is 17.1 Å². The van der Waals surface area contributed by atoms with E-state index in [4.69, 9.17) is 9.97 Å². The molecule has 0 bridgehead atoms. The Labute approximate surface area is 224 Å². The van der Waals surface area contributed by atoms with Crippen molar-refractivity contribution < 1.29 is 5.11 Å². The first-order chi connectivity index (χ1) is 18.1. The second-order valence-corrected chi connectivity index (χ2v) is 11.9. The second-order valence-electron chi connectivity index (χ2n) is 11.9. The Kier molecular flexibility index (Phi) is 5.36. The first-order valence-corrected chi connectivity index (χ1v) is 13.2. The number of rotatable bonds is 2. The van der Waals surface area contributed by atoms with Crippen LogP contribution in [0.4, 0.5) is 17.2 Å². The van der Waals surface area contributed by atoms with E-state index < -0.39 is 0 Å². The van der Waals surface area contributed by atoms with Gasteiger partial charge in [-0.05, 0) is 71.0 Å². The molecule has 2 aromatic heterocycles. The molecular formula is C34H33N3O. The van der Waals surface area contributed by atoms with E-state index in [2.05, 4.69) is 107 Å². The maximum absolute atomic E-state index is 10.7. The molecule has 1 N–H and O–H groups in total. The number of hydrogen-bond donors (Lipinski definition) is 1. The molecule has 190 valence electrons. The summed E-state index contributed by atoms with van der Waals surface area (Å²) in [5, 5.41) is 11.7. The molecule has 1 aliphatic heterocycles. The zero-order chi connectivity index (χ0) is 26.8. The smallest absolute Gasteiger partial charge is 0.141 e. The van der Waals surface area contributed by atoms with E-state index in [1.807, 2.05) is 18.3 Å². The van der Waals surface area contributed by atoms with Gasteiger partial charge in [-0.25, -0.2) is 9.97 Å². The van der Waals surface area contributed by atoms with Crippen LogP contribution in [0.5, 0.6) is 5.75 Å². The zero-order valence-electron chi connectivity index (χ0n) is 22.9. The molecule has 0 saturated heterocycles. The van der Waals surface area contributed by atoms with Crippen molar-refractivity contribution in [2.45, 2.75) is 52.4 Å². The first-order valence-electron chi connectivity index (χ1n) is 13.2. The van der Waals surface area contributed by atoms with Gasteiger partial charge in [0.15, 0.2) is 0 Å². The lowest BCUT2D eigenvalue weighted by Gasteiger charge is -2.41. The van der Waals surface area contributed by atoms with E-state index in [9.17, 15) is 5.11 Å². The molecular weight excluding hydrogens is 466 g/mol. The highest BCUT2D eigenvalue weighted by Crippen LogP contribution is 2.52. The Bertz CT molecular complexity index is 1710. The van der Waals surface area contributed by atoms with E-state index in [1.165, 1.54) is 16.7 Å². The molecule has 0 radical (unpaired) electrons. The fourth-order valence-corrected chi connectivity index (χ4v) is 5.78. The summed E-state index contributed by atoms with van der Waals surface area (Å²) in [4.78, 5) is 12.0. The SMILES string of the molecule is Cc1ccnc(N2c3ccccc3C(C)(C)c3ccc(-c4ccc5c(C(C)(C)C)ccc(O)c5n4)cc32)c1. The molecule has 0 fully saturated rings. The van der Waals surface area contributed by atoms with Crippen LogP contribution in [-0.2, 0) is 10.8 Å². The topological polar surface area (TPSA) is 49.2 Å². The highest BCUT2D eigenvalue weighted by atomic mass is 16.3. The summed E-state index contributed by atoms with van der Waals surface area (Å²) in [5.41, 5.74) is 9.31. The number of aromatic hydroxyl groups is 1. The first kappa shape index (κ1) is 24.2. The second kappa shape index (κ2) is 8.42. The Balaban J connectivity index is 1.57. The van der Waals surface area contributed by atoms with Crippen LogP contribution in [0, 0.1) is 6.92 Å². The van der Waals surface area contributed by atoms with Gasteiger partial charge < -0.3 is 5.11 Å². The molecule has 4 heteroatoms. The number of aryl methyl sites for hydroxylation is 1. The van der Waals surface area contributed by atoms with Crippen molar-refractivity contribution in [3.05, 3.63) is 107 Å². The fraction of sp³-hybridized carbons (Fsp3) is 0.235. The van der Waals surface area contributed by atoms with Crippen LogP contribution >= 0.6 is 0 Å². The summed E-state index contributed by atoms with van der Waals surface area (Å²) in [6, 6.07) is 27.3. The lowest BCUT2D eigenvalue weighted by molar-refractivity contribution is 0.479. The standard InChI is InChI=1S/C34H33N3O/c1-21-17-18-35-31(19-21)37-28-10-8-7-9-25(28)34(5,6)26-13-11-22(20-29(26)37)27-15-12-23-24(33(2,3)4)14-16-30(38)32(23)36-27/h7-20,38H,1-6H3. The van der Waals surface area contributed by atoms with Crippen LogP contribution < -0.4 is 4.90 Å². The molecule has 4 nitrogen and oxygen atoms in total. The number of aromatic nitrogens is 2. The van der Waals surface area contributed by atoms with Crippen molar-refractivity contribution in [2.24, 2.45) is 0 Å². The number of hydrogen-bond acceptors (Lipinski definition) is 4. The van der Waals surface area contributed by atoms with Crippen molar-refractivity contribution in [3.63, 3.8) is 0 Å². The molecule has 3 heterocycles. The molecule has 0 saturated carbocycles. The minimum atomic E-state index is -0.179. The summed E-state index contributed by atoms with van der Waals surface area (Å²) >= 11 is 0.